The van der Waals surface area contributed by atoms with Gasteiger partial charge in [-0.05, 0) is 39.5 Å². The molecule has 2 aromatic carbocycles. The number of aryl methyl sites for hydroxylation is 1. The Morgan fingerprint density at radius 3 is 2.50 bits per heavy atom. The molecule has 0 aliphatic rings. The van der Waals surface area contributed by atoms with Gasteiger partial charge in [0.1, 0.15) is 5.82 Å². The third-order valence-electron chi connectivity index (χ3n) is 4.94. The molecule has 0 bridgehead atoms. The Hall–Kier alpha value is -3.26. The fraction of sp³-hybridized carbons (Fsp3) is 0.273. The number of thiocarbonyl (C=S) groups is 1. The van der Waals surface area contributed by atoms with Gasteiger partial charge in [0.25, 0.3) is 0 Å². The van der Waals surface area contributed by atoms with Crippen molar-refractivity contribution in [2.24, 2.45) is 5.92 Å². The summed E-state index contributed by atoms with van der Waals surface area (Å²) in [6.45, 7) is 5.27. The topological polar surface area (TPSA) is 85.2 Å². The van der Waals surface area contributed by atoms with Crippen LogP contribution in [0.4, 0.5) is 0 Å². The van der Waals surface area contributed by atoms with E-state index in [0.717, 1.165) is 35.5 Å². The van der Waals surface area contributed by atoms with Crippen LogP contribution in [-0.4, -0.2) is 40.8 Å². The number of tetrazole rings is 1. The van der Waals surface area contributed by atoms with E-state index in [1.165, 1.54) is 10.9 Å². The first-order valence-electron chi connectivity index (χ1n) is 9.95. The van der Waals surface area contributed by atoms with Crippen molar-refractivity contribution >= 4 is 17.6 Å². The molecule has 0 aliphatic heterocycles. The van der Waals surface area contributed by atoms with Crippen molar-refractivity contribution in [2.45, 2.75) is 33.2 Å². The summed E-state index contributed by atoms with van der Waals surface area (Å²) in [5, 5.41) is 20.3. The molecule has 4 aromatic rings. The fourth-order valence-corrected chi connectivity index (χ4v) is 3.43. The van der Waals surface area contributed by atoms with Gasteiger partial charge in [-0.25, -0.2) is 14.8 Å². The van der Waals surface area contributed by atoms with Crippen LogP contribution in [0.3, 0.4) is 0 Å². The summed E-state index contributed by atoms with van der Waals surface area (Å²) in [5.74, 6) is 2.81. The molecular formula is C22H23N7S. The lowest BCUT2D eigenvalue weighted by molar-refractivity contribution is 0.476. The Kier molecular flexibility index (Phi) is 6.04. The summed E-state index contributed by atoms with van der Waals surface area (Å²) in [4.78, 5) is 4.60. The van der Waals surface area contributed by atoms with Crippen LogP contribution in [0.25, 0.3) is 22.5 Å². The standard InChI is InChI=1S/C22H23N7S/c1-15(2)11-12-29-21(23-20(14-30)26-29)13-16-7-9-17(10-8-16)18-5-3-4-6-19(18)22-24-27-28-25-22/h3-10,14-15H,11-13H2,1-2H3,(H,24,25,27,28). The highest BCUT2D eigenvalue weighted by Gasteiger charge is 2.12. The Morgan fingerprint density at radius 1 is 1.07 bits per heavy atom. The number of nitrogens with one attached hydrogen (secondary N) is 1. The van der Waals surface area contributed by atoms with Gasteiger partial charge in [-0.1, -0.05) is 74.6 Å². The molecule has 0 atom stereocenters. The summed E-state index contributed by atoms with van der Waals surface area (Å²) in [6.07, 6.45) is 1.77. The number of hydrogen-bond acceptors (Lipinski definition) is 6. The zero-order valence-electron chi connectivity index (χ0n) is 17.0. The van der Waals surface area contributed by atoms with Gasteiger partial charge in [-0.15, -0.1) is 5.10 Å². The van der Waals surface area contributed by atoms with Crippen LogP contribution >= 0.6 is 12.2 Å². The van der Waals surface area contributed by atoms with Gasteiger partial charge in [0.05, 0.1) is 0 Å². The molecule has 7 nitrogen and oxygen atoms in total. The van der Waals surface area contributed by atoms with Crippen LogP contribution in [0, 0.1) is 5.92 Å². The zero-order chi connectivity index (χ0) is 20.9. The average Bonchev–Trinajstić information content (AvgIpc) is 3.43. The van der Waals surface area contributed by atoms with Crippen LogP contribution in [0.2, 0.25) is 0 Å². The van der Waals surface area contributed by atoms with E-state index < -0.39 is 0 Å². The first-order valence-corrected chi connectivity index (χ1v) is 10.4. The summed E-state index contributed by atoms with van der Waals surface area (Å²) in [5.41, 5.74) is 4.32. The summed E-state index contributed by atoms with van der Waals surface area (Å²) in [6, 6.07) is 16.6. The maximum atomic E-state index is 5.03. The maximum Gasteiger partial charge on any atom is 0.184 e. The first kappa shape index (κ1) is 20.0. The average molecular weight is 418 g/mol. The second kappa shape index (κ2) is 9.04. The number of nitrogens with zero attached hydrogens (tertiary/aromatic N) is 6. The van der Waals surface area contributed by atoms with Crippen molar-refractivity contribution in [3.63, 3.8) is 0 Å². The smallest absolute Gasteiger partial charge is 0.184 e. The van der Waals surface area contributed by atoms with E-state index in [0.29, 0.717) is 24.0 Å². The fourth-order valence-electron chi connectivity index (χ4n) is 3.33. The molecule has 1 N–H and O–H groups in total. The number of hydrogen-bond donors (Lipinski definition) is 1. The molecule has 4 rings (SSSR count). The minimum Gasteiger partial charge on any atom is -0.249 e. The maximum absolute atomic E-state index is 5.03. The Morgan fingerprint density at radius 2 is 1.83 bits per heavy atom. The van der Waals surface area contributed by atoms with Crippen LogP contribution in [0.5, 0.6) is 0 Å². The SMILES string of the molecule is CC(C)CCn1nc(C=S)nc1Cc1ccc(-c2ccccc2-c2nnn[nH]2)cc1. The third kappa shape index (κ3) is 4.49. The first-order chi connectivity index (χ1) is 14.6. The second-order valence-electron chi connectivity index (χ2n) is 7.58. The largest absolute Gasteiger partial charge is 0.249 e. The van der Waals surface area contributed by atoms with Crippen LogP contribution in [0.15, 0.2) is 48.5 Å². The van der Waals surface area contributed by atoms with Crippen molar-refractivity contribution in [3.05, 3.63) is 65.7 Å². The van der Waals surface area contributed by atoms with Crippen LogP contribution < -0.4 is 0 Å². The lowest BCUT2D eigenvalue weighted by Crippen LogP contribution is -2.08. The molecule has 0 fully saturated rings. The molecule has 152 valence electrons. The minimum atomic E-state index is 0.606. The molecule has 8 heteroatoms. The molecule has 0 unspecified atom stereocenters. The highest BCUT2D eigenvalue weighted by atomic mass is 32.1. The monoisotopic (exact) mass is 417 g/mol. The predicted molar refractivity (Wildman–Crippen MR) is 120 cm³/mol. The zero-order valence-corrected chi connectivity index (χ0v) is 17.8. The van der Waals surface area contributed by atoms with Gasteiger partial charge < -0.3 is 0 Å². The summed E-state index contributed by atoms with van der Waals surface area (Å²) >= 11 is 5.03. The molecule has 2 heterocycles. The van der Waals surface area contributed by atoms with Gasteiger partial charge in [-0.3, -0.25) is 0 Å². The second-order valence-corrected chi connectivity index (χ2v) is 7.81. The summed E-state index contributed by atoms with van der Waals surface area (Å²) < 4.78 is 1.98. The molecule has 0 saturated carbocycles. The molecule has 0 saturated heterocycles. The molecule has 0 aliphatic carbocycles. The molecule has 30 heavy (non-hydrogen) atoms. The van der Waals surface area contributed by atoms with Gasteiger partial charge in [-0.2, -0.15) is 5.10 Å². The van der Waals surface area contributed by atoms with E-state index >= 15 is 0 Å². The molecule has 2 aromatic heterocycles. The Bertz CT molecular complexity index is 1110. The number of rotatable bonds is 8. The van der Waals surface area contributed by atoms with Crippen LogP contribution in [0.1, 0.15) is 37.5 Å². The lowest BCUT2D eigenvalue weighted by atomic mass is 9.98. The quantitative estimate of drug-likeness (QED) is 0.434. The molecule has 0 spiro atoms. The van der Waals surface area contributed by atoms with E-state index in [2.05, 4.69) is 74.9 Å². The van der Waals surface area contributed by atoms with Gasteiger partial charge in [0, 0.05) is 23.9 Å². The number of aromatic nitrogens is 7. The van der Waals surface area contributed by atoms with Gasteiger partial charge >= 0.3 is 0 Å². The minimum absolute atomic E-state index is 0.606. The Balaban J connectivity index is 1.57. The van der Waals surface area contributed by atoms with Crippen LogP contribution in [-0.2, 0) is 13.0 Å². The predicted octanol–water partition coefficient (Wildman–Crippen LogP) is 4.11. The van der Waals surface area contributed by atoms with E-state index in [1.54, 1.807) is 0 Å². The highest BCUT2D eigenvalue weighted by Crippen LogP contribution is 2.29. The number of aromatic amines is 1. The lowest BCUT2D eigenvalue weighted by Gasteiger charge is -2.10. The summed E-state index contributed by atoms with van der Waals surface area (Å²) in [7, 11) is 0. The van der Waals surface area contributed by atoms with Crippen molar-refractivity contribution in [1.29, 1.82) is 0 Å². The van der Waals surface area contributed by atoms with Crippen molar-refractivity contribution in [2.75, 3.05) is 0 Å². The van der Waals surface area contributed by atoms with Crippen molar-refractivity contribution in [3.8, 4) is 22.5 Å². The van der Waals surface area contributed by atoms with E-state index in [9.17, 15) is 0 Å². The number of H-pyrrole nitrogens is 1. The van der Waals surface area contributed by atoms with Gasteiger partial charge in [0.15, 0.2) is 11.6 Å². The van der Waals surface area contributed by atoms with Crippen molar-refractivity contribution < 1.29 is 0 Å². The van der Waals surface area contributed by atoms with Crippen molar-refractivity contribution in [1.82, 2.24) is 35.4 Å². The molecule has 0 radical (unpaired) electrons. The van der Waals surface area contributed by atoms with E-state index in [-0.39, 0.29) is 0 Å². The third-order valence-corrected chi connectivity index (χ3v) is 5.15. The van der Waals surface area contributed by atoms with E-state index in [1.807, 2.05) is 22.9 Å². The molecular weight excluding hydrogens is 394 g/mol. The molecule has 0 amide bonds. The highest BCUT2D eigenvalue weighted by molar-refractivity contribution is 7.79. The van der Waals surface area contributed by atoms with Gasteiger partial charge in [0.2, 0.25) is 0 Å². The Labute approximate surface area is 180 Å². The normalized spacial score (nSPS) is 11.2. The number of benzene rings is 2. The van der Waals surface area contributed by atoms with E-state index in [4.69, 9.17) is 12.2 Å².